The Morgan fingerprint density at radius 3 is 2.75 bits per heavy atom. The summed E-state index contributed by atoms with van der Waals surface area (Å²) in [5.74, 6) is 0.504. The van der Waals surface area contributed by atoms with Gasteiger partial charge >= 0.3 is 5.51 Å². The summed E-state index contributed by atoms with van der Waals surface area (Å²) in [4.78, 5) is 7.85. The van der Waals surface area contributed by atoms with Crippen LogP contribution in [0.4, 0.5) is 19.0 Å². The maximum absolute atomic E-state index is 11.8. The van der Waals surface area contributed by atoms with Crippen LogP contribution in [-0.2, 0) is 0 Å². The zero-order valence-corrected chi connectivity index (χ0v) is 10.0. The van der Waals surface area contributed by atoms with Crippen LogP contribution < -0.4 is 5.32 Å². The summed E-state index contributed by atoms with van der Waals surface area (Å²) < 4.78 is 35.4. The Labute approximate surface area is 99.6 Å². The number of aromatic nitrogens is 2. The van der Waals surface area contributed by atoms with Crippen molar-refractivity contribution in [2.24, 2.45) is 0 Å². The molecule has 1 aromatic heterocycles. The van der Waals surface area contributed by atoms with Crippen LogP contribution in [0.2, 0.25) is 0 Å². The zero-order valence-electron chi connectivity index (χ0n) is 8.41. The van der Waals surface area contributed by atoms with Gasteiger partial charge in [0.2, 0.25) is 0 Å². The lowest BCUT2D eigenvalue weighted by molar-refractivity contribution is -0.0327. The van der Waals surface area contributed by atoms with Crippen molar-refractivity contribution in [3.05, 3.63) is 12.4 Å². The largest absolute Gasteiger partial charge is 0.441 e. The molecule has 0 aliphatic heterocycles. The third-order valence-electron chi connectivity index (χ3n) is 1.53. The fourth-order valence-corrected chi connectivity index (χ4v) is 1.71. The van der Waals surface area contributed by atoms with Crippen molar-refractivity contribution >= 4 is 29.3 Å². The van der Waals surface area contributed by atoms with Gasteiger partial charge in [-0.2, -0.15) is 13.2 Å². The van der Waals surface area contributed by atoms with Gasteiger partial charge in [-0.1, -0.05) is 0 Å². The van der Waals surface area contributed by atoms with E-state index >= 15 is 0 Å². The molecule has 0 radical (unpaired) electrons. The summed E-state index contributed by atoms with van der Waals surface area (Å²) in [5.41, 5.74) is -4.17. The van der Waals surface area contributed by atoms with Gasteiger partial charge in [-0.25, -0.2) is 9.97 Å². The third kappa shape index (κ3) is 5.45. The van der Waals surface area contributed by atoms with Crippen LogP contribution >= 0.6 is 23.5 Å². The number of hydrogen-bond donors (Lipinski definition) is 1. The van der Waals surface area contributed by atoms with Crippen molar-refractivity contribution in [2.75, 3.05) is 23.9 Å². The standard InChI is InChI=1S/C8H10F3N3S2/c1-15-7-4-6(13-5-14-7)12-2-3-16-8(9,10)11/h4-5H,2-3H2,1H3,(H,12,13,14). The smallest absolute Gasteiger partial charge is 0.369 e. The average Bonchev–Trinajstić information content (AvgIpc) is 2.23. The number of anilines is 1. The van der Waals surface area contributed by atoms with Gasteiger partial charge in [0.1, 0.15) is 17.2 Å². The van der Waals surface area contributed by atoms with Gasteiger partial charge in [0, 0.05) is 18.4 Å². The number of halogens is 3. The van der Waals surface area contributed by atoms with Gasteiger partial charge in [-0.05, 0) is 18.0 Å². The summed E-state index contributed by atoms with van der Waals surface area (Å²) in [5, 5.41) is 3.59. The fraction of sp³-hybridized carbons (Fsp3) is 0.500. The molecule has 0 unspecified atom stereocenters. The summed E-state index contributed by atoms with van der Waals surface area (Å²) in [6, 6.07) is 1.70. The van der Waals surface area contributed by atoms with Crippen LogP contribution in [0.5, 0.6) is 0 Å². The van der Waals surface area contributed by atoms with E-state index in [0.717, 1.165) is 5.03 Å². The van der Waals surface area contributed by atoms with Crippen LogP contribution in [0.3, 0.4) is 0 Å². The molecule has 0 saturated heterocycles. The van der Waals surface area contributed by atoms with Crippen molar-refractivity contribution in [2.45, 2.75) is 10.5 Å². The molecule has 90 valence electrons. The molecule has 3 nitrogen and oxygen atoms in total. The normalized spacial score (nSPS) is 11.5. The minimum atomic E-state index is -4.17. The molecule has 0 aromatic carbocycles. The van der Waals surface area contributed by atoms with Crippen LogP contribution in [0.1, 0.15) is 0 Å². The molecule has 0 fully saturated rings. The summed E-state index contributed by atoms with van der Waals surface area (Å²) in [7, 11) is 0. The minimum absolute atomic E-state index is 0.0396. The number of rotatable bonds is 5. The summed E-state index contributed by atoms with van der Waals surface area (Å²) >= 11 is 1.40. The van der Waals surface area contributed by atoms with E-state index in [1.165, 1.54) is 18.1 Å². The quantitative estimate of drug-likeness (QED) is 0.505. The highest BCUT2D eigenvalue weighted by Crippen LogP contribution is 2.29. The maximum Gasteiger partial charge on any atom is 0.441 e. The van der Waals surface area contributed by atoms with E-state index in [-0.39, 0.29) is 24.1 Å². The first kappa shape index (κ1) is 13.4. The summed E-state index contributed by atoms with van der Waals surface area (Å²) in [6.07, 6.45) is 3.25. The Kier molecular flexibility index (Phi) is 5.20. The van der Waals surface area contributed by atoms with E-state index in [9.17, 15) is 13.2 Å². The van der Waals surface area contributed by atoms with Crippen molar-refractivity contribution < 1.29 is 13.2 Å². The first-order valence-corrected chi connectivity index (χ1v) is 6.53. The predicted molar refractivity (Wildman–Crippen MR) is 60.8 cm³/mol. The molecule has 0 amide bonds. The molecule has 8 heteroatoms. The Morgan fingerprint density at radius 1 is 1.38 bits per heavy atom. The molecular formula is C8H10F3N3S2. The Balaban J connectivity index is 2.32. The topological polar surface area (TPSA) is 37.8 Å². The van der Waals surface area contributed by atoms with Gasteiger partial charge in [0.05, 0.1) is 0 Å². The third-order valence-corrected chi connectivity index (χ3v) is 2.90. The molecule has 0 saturated carbocycles. The highest BCUT2D eigenvalue weighted by Gasteiger charge is 2.27. The van der Waals surface area contributed by atoms with Crippen LogP contribution in [0.15, 0.2) is 17.4 Å². The highest BCUT2D eigenvalue weighted by molar-refractivity contribution is 8.00. The second-order valence-corrected chi connectivity index (χ2v) is 4.65. The van der Waals surface area contributed by atoms with E-state index < -0.39 is 5.51 Å². The number of hydrogen-bond acceptors (Lipinski definition) is 5. The monoisotopic (exact) mass is 269 g/mol. The molecule has 1 aromatic rings. The van der Waals surface area contributed by atoms with Crippen molar-refractivity contribution in [3.63, 3.8) is 0 Å². The van der Waals surface area contributed by atoms with E-state index in [1.54, 1.807) is 6.07 Å². The van der Waals surface area contributed by atoms with Crippen molar-refractivity contribution in [1.29, 1.82) is 0 Å². The molecule has 1 heterocycles. The summed E-state index contributed by atoms with van der Waals surface area (Å²) in [6.45, 7) is 0.217. The highest BCUT2D eigenvalue weighted by atomic mass is 32.2. The van der Waals surface area contributed by atoms with Gasteiger partial charge in [0.15, 0.2) is 0 Å². The first-order valence-electron chi connectivity index (χ1n) is 4.32. The average molecular weight is 269 g/mol. The molecule has 0 atom stereocenters. The molecule has 0 spiro atoms. The van der Waals surface area contributed by atoms with Gasteiger partial charge in [0.25, 0.3) is 0 Å². The first-order chi connectivity index (χ1) is 7.51. The predicted octanol–water partition coefficient (Wildman–Crippen LogP) is 2.86. The molecular weight excluding hydrogens is 259 g/mol. The fourth-order valence-electron chi connectivity index (χ4n) is 0.894. The SMILES string of the molecule is CSc1cc(NCCSC(F)(F)F)ncn1. The van der Waals surface area contributed by atoms with E-state index in [2.05, 4.69) is 15.3 Å². The zero-order chi connectivity index (χ0) is 12.0. The van der Waals surface area contributed by atoms with E-state index in [4.69, 9.17) is 0 Å². The minimum Gasteiger partial charge on any atom is -0.369 e. The van der Waals surface area contributed by atoms with Crippen molar-refractivity contribution in [3.8, 4) is 0 Å². The van der Waals surface area contributed by atoms with Crippen molar-refractivity contribution in [1.82, 2.24) is 9.97 Å². The molecule has 0 bridgehead atoms. The van der Waals surface area contributed by atoms with Gasteiger partial charge < -0.3 is 5.32 Å². The Bertz CT molecular complexity index is 333. The van der Waals surface area contributed by atoms with Gasteiger partial charge in [-0.3, -0.25) is 0 Å². The lowest BCUT2D eigenvalue weighted by atomic mass is 10.5. The second kappa shape index (κ2) is 6.19. The van der Waals surface area contributed by atoms with Gasteiger partial charge in [-0.15, -0.1) is 11.8 Å². The molecule has 16 heavy (non-hydrogen) atoms. The van der Waals surface area contributed by atoms with E-state index in [1.807, 2.05) is 6.26 Å². The number of thioether (sulfide) groups is 2. The van der Waals surface area contributed by atoms with Crippen LogP contribution in [-0.4, -0.2) is 34.0 Å². The van der Waals surface area contributed by atoms with Crippen LogP contribution in [0, 0.1) is 0 Å². The Morgan fingerprint density at radius 2 is 2.12 bits per heavy atom. The van der Waals surface area contributed by atoms with E-state index in [0.29, 0.717) is 5.82 Å². The molecule has 0 aliphatic carbocycles. The number of nitrogens with zero attached hydrogens (tertiary/aromatic N) is 2. The molecule has 1 rings (SSSR count). The lowest BCUT2D eigenvalue weighted by Crippen LogP contribution is -2.10. The lowest BCUT2D eigenvalue weighted by Gasteiger charge is -2.07. The van der Waals surface area contributed by atoms with Crippen LogP contribution in [0.25, 0.3) is 0 Å². The second-order valence-electron chi connectivity index (χ2n) is 2.67. The molecule has 0 aliphatic rings. The number of nitrogens with one attached hydrogen (secondary N) is 1. The maximum atomic E-state index is 11.8. The molecule has 1 N–H and O–H groups in total. The Hall–Kier alpha value is -0.630. The number of alkyl halides is 3.